The molecule has 0 saturated heterocycles. The summed E-state index contributed by atoms with van der Waals surface area (Å²) in [6, 6.07) is 5.46. The maximum absolute atomic E-state index is 13.5. The first-order valence-electron chi connectivity index (χ1n) is 12.2. The minimum absolute atomic E-state index is 0.00611. The van der Waals surface area contributed by atoms with Crippen LogP contribution in [-0.2, 0) is 31.5 Å². The van der Waals surface area contributed by atoms with E-state index in [1.807, 2.05) is 0 Å². The monoisotopic (exact) mass is 571 g/mol. The van der Waals surface area contributed by atoms with Crippen molar-refractivity contribution in [3.05, 3.63) is 62.4 Å². The van der Waals surface area contributed by atoms with E-state index in [2.05, 4.69) is 14.7 Å². The number of benzene rings is 1. The number of imidazole rings is 1. The molecule has 2 atom stereocenters. The van der Waals surface area contributed by atoms with E-state index in [1.54, 1.807) is 6.92 Å². The zero-order valence-corrected chi connectivity index (χ0v) is 21.4. The number of allylic oxidation sites excluding steroid dienone is 2. The molecule has 1 aromatic carbocycles. The van der Waals surface area contributed by atoms with Gasteiger partial charge in [0.15, 0.2) is 11.2 Å². The first-order chi connectivity index (χ1) is 18.9. The number of nitrogens with zero attached hydrogens (tertiary/aromatic N) is 5. The molecule has 1 aliphatic rings. The highest BCUT2D eigenvalue weighted by Crippen LogP contribution is 2.30. The van der Waals surface area contributed by atoms with Crippen molar-refractivity contribution in [1.29, 1.82) is 0 Å². The van der Waals surface area contributed by atoms with Crippen LogP contribution in [0.25, 0.3) is 11.2 Å². The molecule has 4 rings (SSSR count). The number of hydrogen-bond donors (Lipinski definition) is 1. The SMILES string of the molecule is CC1C=C(C(F)F)N=CC1Cn1c(Oc2cccc(COC(F)(F)F)c2)nc2c1c(=O)n(CCCO)c(=O)n2C. The molecule has 3 heterocycles. The number of rotatable bonds is 10. The van der Waals surface area contributed by atoms with Gasteiger partial charge in [0, 0.05) is 38.9 Å². The summed E-state index contributed by atoms with van der Waals surface area (Å²) in [5, 5.41) is 9.22. The minimum atomic E-state index is -4.83. The lowest BCUT2D eigenvalue weighted by Crippen LogP contribution is -2.40. The van der Waals surface area contributed by atoms with Crippen LogP contribution in [0, 0.1) is 11.8 Å². The normalized spacial score (nSPS) is 17.6. The summed E-state index contributed by atoms with van der Waals surface area (Å²) >= 11 is 0. The molecule has 2 unspecified atom stereocenters. The molecule has 2 aromatic heterocycles. The van der Waals surface area contributed by atoms with Crippen molar-refractivity contribution in [1.82, 2.24) is 18.7 Å². The van der Waals surface area contributed by atoms with Gasteiger partial charge in [-0.15, -0.1) is 13.2 Å². The Balaban J connectivity index is 1.80. The van der Waals surface area contributed by atoms with Crippen LogP contribution in [0.2, 0.25) is 0 Å². The number of alkyl halides is 5. The van der Waals surface area contributed by atoms with Crippen LogP contribution in [0.4, 0.5) is 22.0 Å². The van der Waals surface area contributed by atoms with Crippen molar-refractivity contribution >= 4 is 17.4 Å². The van der Waals surface area contributed by atoms with Gasteiger partial charge in [0.25, 0.3) is 12.0 Å². The van der Waals surface area contributed by atoms with Crippen LogP contribution in [0.15, 0.2) is 50.6 Å². The molecule has 15 heteroatoms. The topological polar surface area (TPSA) is 113 Å². The van der Waals surface area contributed by atoms with Gasteiger partial charge in [-0.1, -0.05) is 25.1 Å². The molecule has 0 fully saturated rings. The Morgan fingerprint density at radius 2 is 1.93 bits per heavy atom. The van der Waals surface area contributed by atoms with Crippen LogP contribution < -0.4 is 16.0 Å². The second-order valence-corrected chi connectivity index (χ2v) is 9.23. The van der Waals surface area contributed by atoms with Crippen LogP contribution in [-0.4, -0.2) is 49.4 Å². The van der Waals surface area contributed by atoms with Crippen LogP contribution in [0.5, 0.6) is 11.8 Å². The lowest BCUT2D eigenvalue weighted by atomic mass is 9.92. The van der Waals surface area contributed by atoms with Gasteiger partial charge in [0.1, 0.15) is 11.4 Å². The number of aliphatic hydroxyl groups is 1. The lowest BCUT2D eigenvalue weighted by Gasteiger charge is -2.23. The average molecular weight is 572 g/mol. The van der Waals surface area contributed by atoms with Gasteiger partial charge < -0.3 is 9.84 Å². The maximum Gasteiger partial charge on any atom is 0.522 e. The van der Waals surface area contributed by atoms with Gasteiger partial charge in [-0.25, -0.2) is 13.6 Å². The fourth-order valence-corrected chi connectivity index (χ4v) is 4.30. The van der Waals surface area contributed by atoms with E-state index in [4.69, 9.17) is 4.74 Å². The van der Waals surface area contributed by atoms with Crippen LogP contribution in [0.3, 0.4) is 0 Å². The number of hydrogen-bond acceptors (Lipinski definition) is 7. The van der Waals surface area contributed by atoms with Crippen LogP contribution in [0.1, 0.15) is 18.9 Å². The third kappa shape index (κ3) is 6.31. The number of aromatic nitrogens is 4. The summed E-state index contributed by atoms with van der Waals surface area (Å²) in [5.41, 5.74) is -1.64. The Kier molecular flexibility index (Phi) is 8.54. The predicted octanol–water partition coefficient (Wildman–Crippen LogP) is 3.59. The quantitative estimate of drug-likeness (QED) is 0.373. The summed E-state index contributed by atoms with van der Waals surface area (Å²) in [6.45, 7) is 0.605. The standard InChI is InChI=1S/C25H26F5N5O5/c1-14-9-18(20(26)27)31-11-16(14)12-35-19-21(33(2)24(38)34(22(19)37)7-4-8-36)32-23(35)40-17-6-3-5-15(10-17)13-39-25(28,29)30/h3,5-6,9-11,14,16,20,36H,4,7-8,12-13H2,1-2H3. The molecule has 0 aliphatic carbocycles. The molecular weight excluding hydrogens is 545 g/mol. The van der Waals surface area contributed by atoms with E-state index in [-0.39, 0.29) is 60.3 Å². The molecule has 3 aromatic rings. The van der Waals surface area contributed by atoms with Gasteiger partial charge in [0.05, 0.1) is 6.61 Å². The van der Waals surface area contributed by atoms with Crippen molar-refractivity contribution in [3.63, 3.8) is 0 Å². The van der Waals surface area contributed by atoms with E-state index in [1.165, 1.54) is 48.2 Å². The van der Waals surface area contributed by atoms with Gasteiger partial charge in [-0.05, 0) is 30.0 Å². The zero-order chi connectivity index (χ0) is 29.2. The molecular formula is C25H26F5N5O5. The smallest absolute Gasteiger partial charge is 0.425 e. The number of ether oxygens (including phenoxy) is 2. The predicted molar refractivity (Wildman–Crippen MR) is 134 cm³/mol. The Bertz CT molecular complexity index is 1560. The number of fused-ring (bicyclic) bond motifs is 1. The average Bonchev–Trinajstić information content (AvgIpc) is 3.25. The zero-order valence-electron chi connectivity index (χ0n) is 21.4. The number of aliphatic imine (C=N–C) groups is 1. The first-order valence-corrected chi connectivity index (χ1v) is 12.2. The van der Waals surface area contributed by atoms with E-state index in [0.29, 0.717) is 0 Å². The van der Waals surface area contributed by atoms with Gasteiger partial charge >= 0.3 is 18.1 Å². The molecule has 0 amide bonds. The summed E-state index contributed by atoms with van der Waals surface area (Å²) in [4.78, 5) is 34.5. The Morgan fingerprint density at radius 1 is 1.18 bits per heavy atom. The van der Waals surface area contributed by atoms with Crippen molar-refractivity contribution < 1.29 is 36.5 Å². The molecule has 0 spiro atoms. The van der Waals surface area contributed by atoms with Gasteiger partial charge in [0.2, 0.25) is 0 Å². The van der Waals surface area contributed by atoms with Gasteiger partial charge in [-0.3, -0.25) is 28.2 Å². The highest BCUT2D eigenvalue weighted by atomic mass is 19.4. The van der Waals surface area contributed by atoms with Crippen molar-refractivity contribution in [2.45, 2.75) is 45.8 Å². The number of aliphatic hydroxyl groups excluding tert-OH is 1. The number of aryl methyl sites for hydroxylation is 1. The number of halogens is 5. The molecule has 1 aliphatic heterocycles. The van der Waals surface area contributed by atoms with Crippen molar-refractivity contribution in [2.24, 2.45) is 23.9 Å². The molecule has 0 radical (unpaired) electrons. The summed E-state index contributed by atoms with van der Waals surface area (Å²) in [6.07, 6.45) is -4.77. The molecule has 1 N–H and O–H groups in total. The summed E-state index contributed by atoms with van der Waals surface area (Å²) in [7, 11) is 1.40. The van der Waals surface area contributed by atoms with E-state index in [9.17, 15) is 36.6 Å². The van der Waals surface area contributed by atoms with E-state index in [0.717, 1.165) is 9.13 Å². The van der Waals surface area contributed by atoms with Gasteiger partial charge in [-0.2, -0.15) is 4.98 Å². The fraction of sp³-hybridized carbons (Fsp3) is 0.440. The third-order valence-corrected chi connectivity index (χ3v) is 6.39. The Hall–Kier alpha value is -3.85. The summed E-state index contributed by atoms with van der Waals surface area (Å²) < 4.78 is 77.1. The fourth-order valence-electron chi connectivity index (χ4n) is 4.30. The van der Waals surface area contributed by atoms with E-state index >= 15 is 0 Å². The molecule has 10 nitrogen and oxygen atoms in total. The second kappa shape index (κ2) is 11.7. The third-order valence-electron chi connectivity index (χ3n) is 6.39. The highest BCUT2D eigenvalue weighted by molar-refractivity contribution is 5.73. The molecule has 216 valence electrons. The van der Waals surface area contributed by atoms with Crippen molar-refractivity contribution in [2.75, 3.05) is 6.61 Å². The highest BCUT2D eigenvalue weighted by Gasteiger charge is 2.30. The van der Waals surface area contributed by atoms with Crippen molar-refractivity contribution in [3.8, 4) is 11.8 Å². The minimum Gasteiger partial charge on any atom is -0.425 e. The maximum atomic E-state index is 13.5. The van der Waals surface area contributed by atoms with E-state index < -0.39 is 42.5 Å². The summed E-state index contributed by atoms with van der Waals surface area (Å²) in [5.74, 6) is -0.814. The first kappa shape index (κ1) is 29.1. The molecule has 40 heavy (non-hydrogen) atoms. The van der Waals surface area contributed by atoms with Crippen LogP contribution >= 0.6 is 0 Å². The lowest BCUT2D eigenvalue weighted by molar-refractivity contribution is -0.330. The molecule has 0 bridgehead atoms. The molecule has 0 saturated carbocycles. The largest absolute Gasteiger partial charge is 0.522 e. The Labute approximate surface area is 223 Å². The second-order valence-electron chi connectivity index (χ2n) is 9.23. The Morgan fingerprint density at radius 3 is 2.58 bits per heavy atom.